The van der Waals surface area contributed by atoms with Gasteiger partial charge in [-0.25, -0.2) is 0 Å². The van der Waals surface area contributed by atoms with Crippen molar-refractivity contribution in [3.8, 4) is 11.4 Å². The van der Waals surface area contributed by atoms with Crippen LogP contribution in [0.25, 0.3) is 5.69 Å². The van der Waals surface area contributed by atoms with Gasteiger partial charge < -0.3 is 24.5 Å². The van der Waals surface area contributed by atoms with Gasteiger partial charge in [0.1, 0.15) is 5.75 Å². The summed E-state index contributed by atoms with van der Waals surface area (Å²) in [5, 5.41) is 24.1. The Morgan fingerprint density at radius 1 is 0.923 bits per heavy atom. The molecule has 9 nitrogen and oxygen atoms in total. The van der Waals surface area contributed by atoms with E-state index in [0.717, 1.165) is 49.0 Å². The second-order valence-corrected chi connectivity index (χ2v) is 11.1. The molecule has 1 atom stereocenters. The van der Waals surface area contributed by atoms with E-state index in [1.54, 1.807) is 18.9 Å². The Bertz CT molecular complexity index is 1420. The van der Waals surface area contributed by atoms with Crippen molar-refractivity contribution in [2.45, 2.75) is 28.7 Å². The summed E-state index contributed by atoms with van der Waals surface area (Å²) in [6, 6.07) is 22.7. The van der Waals surface area contributed by atoms with Crippen molar-refractivity contribution < 1.29 is 9.84 Å². The van der Waals surface area contributed by atoms with Gasteiger partial charge in [-0.05, 0) is 73.3 Å². The standard InChI is InChI=1S/C29H33N7O2S/c1-33-15-17-34(18-16-33)22-9-13-28-26(19-22)35(25-5-3-4-6-27(25)39-28)20-23(37)10-14-29-30-32-36(31-29)21-7-11-24(38-2)12-8-21/h3-9,11-13,19,23,37H,10,14-18,20H2,1-2H3/t23-/m0/s1. The van der Waals surface area contributed by atoms with E-state index in [0.29, 0.717) is 25.2 Å². The normalized spacial score (nSPS) is 16.1. The SMILES string of the molecule is COc1ccc(-n2nnc(CC[C@H](O)CN3c4ccccc4Sc4ccc(N5CCN(C)CC5)cc43)n2)cc1. The zero-order chi connectivity index (χ0) is 26.8. The highest BCUT2D eigenvalue weighted by atomic mass is 32.2. The summed E-state index contributed by atoms with van der Waals surface area (Å²) in [5.41, 5.74) is 4.33. The maximum atomic E-state index is 11.2. The summed E-state index contributed by atoms with van der Waals surface area (Å²) >= 11 is 1.79. The second kappa shape index (κ2) is 11.3. The Morgan fingerprint density at radius 2 is 1.67 bits per heavy atom. The third-order valence-corrected chi connectivity index (χ3v) is 8.46. The van der Waals surface area contributed by atoms with Crippen LogP contribution < -0.4 is 14.5 Å². The van der Waals surface area contributed by atoms with Crippen LogP contribution in [0.1, 0.15) is 12.2 Å². The number of piperazine rings is 1. The molecule has 3 heterocycles. The first-order valence-corrected chi connectivity index (χ1v) is 14.1. The summed E-state index contributed by atoms with van der Waals surface area (Å²) in [5.74, 6) is 1.38. The minimum absolute atomic E-state index is 0.489. The number of β-amino-alcohol motifs (C(OH)–C–C–N with tert-alkyl or cyclic N) is 1. The van der Waals surface area contributed by atoms with Gasteiger partial charge >= 0.3 is 0 Å². The largest absolute Gasteiger partial charge is 0.497 e. The van der Waals surface area contributed by atoms with Crippen LogP contribution in [0.2, 0.25) is 0 Å². The van der Waals surface area contributed by atoms with Gasteiger partial charge in [-0.1, -0.05) is 23.9 Å². The minimum Gasteiger partial charge on any atom is -0.497 e. The van der Waals surface area contributed by atoms with Crippen molar-refractivity contribution in [2.75, 3.05) is 56.7 Å². The van der Waals surface area contributed by atoms with Crippen molar-refractivity contribution in [3.05, 3.63) is 72.6 Å². The molecule has 202 valence electrons. The number of aliphatic hydroxyl groups is 1. The van der Waals surface area contributed by atoms with Crippen LogP contribution in [0.4, 0.5) is 17.1 Å². The topological polar surface area (TPSA) is 82.8 Å². The molecule has 4 aromatic rings. The molecular formula is C29H33N7O2S. The van der Waals surface area contributed by atoms with E-state index in [1.165, 1.54) is 20.3 Å². The first kappa shape index (κ1) is 25.7. The van der Waals surface area contributed by atoms with Crippen LogP contribution in [-0.4, -0.2) is 83.2 Å². The van der Waals surface area contributed by atoms with Crippen LogP contribution in [0.5, 0.6) is 5.75 Å². The lowest BCUT2D eigenvalue weighted by atomic mass is 10.1. The Kier molecular flexibility index (Phi) is 7.40. The quantitative estimate of drug-likeness (QED) is 0.354. The highest BCUT2D eigenvalue weighted by Gasteiger charge is 2.27. The maximum absolute atomic E-state index is 11.2. The van der Waals surface area contributed by atoms with E-state index in [2.05, 4.69) is 79.6 Å². The molecule has 3 aromatic carbocycles. The van der Waals surface area contributed by atoms with Crippen molar-refractivity contribution in [2.24, 2.45) is 0 Å². The molecule has 0 aliphatic carbocycles. The Morgan fingerprint density at radius 3 is 2.46 bits per heavy atom. The zero-order valence-corrected chi connectivity index (χ0v) is 23.1. The summed E-state index contributed by atoms with van der Waals surface area (Å²) in [4.78, 5) is 11.0. The van der Waals surface area contributed by atoms with Crippen LogP contribution >= 0.6 is 11.8 Å². The molecule has 39 heavy (non-hydrogen) atoms. The molecule has 0 spiro atoms. The van der Waals surface area contributed by atoms with Crippen molar-refractivity contribution >= 4 is 28.8 Å². The summed E-state index contributed by atoms with van der Waals surface area (Å²) < 4.78 is 5.22. The Labute approximate surface area is 233 Å². The maximum Gasteiger partial charge on any atom is 0.175 e. The number of aliphatic hydroxyl groups excluding tert-OH is 1. The van der Waals surface area contributed by atoms with Gasteiger partial charge in [0.05, 0.1) is 30.3 Å². The molecule has 1 fully saturated rings. The zero-order valence-electron chi connectivity index (χ0n) is 22.3. The molecule has 0 bridgehead atoms. The van der Waals surface area contributed by atoms with Gasteiger partial charge in [-0.2, -0.15) is 0 Å². The molecule has 6 rings (SSSR count). The van der Waals surface area contributed by atoms with Crippen LogP contribution in [0.3, 0.4) is 0 Å². The smallest absolute Gasteiger partial charge is 0.175 e. The molecular weight excluding hydrogens is 510 g/mol. The number of fused-ring (bicyclic) bond motifs is 2. The van der Waals surface area contributed by atoms with E-state index in [4.69, 9.17) is 4.74 Å². The third-order valence-electron chi connectivity index (χ3n) is 7.33. The molecule has 1 saturated heterocycles. The number of aryl methyl sites for hydroxylation is 1. The number of ether oxygens (including phenoxy) is 1. The van der Waals surface area contributed by atoms with Gasteiger partial charge in [0.2, 0.25) is 0 Å². The second-order valence-electron chi connectivity index (χ2n) is 10.0. The lowest BCUT2D eigenvalue weighted by Crippen LogP contribution is -2.44. The molecule has 1 N–H and O–H groups in total. The summed E-state index contributed by atoms with van der Waals surface area (Å²) in [6.07, 6.45) is 0.512. The van der Waals surface area contributed by atoms with Crippen LogP contribution in [0, 0.1) is 0 Å². The number of methoxy groups -OCH3 is 1. The van der Waals surface area contributed by atoms with Crippen molar-refractivity contribution in [1.82, 2.24) is 25.1 Å². The van der Waals surface area contributed by atoms with Gasteiger partial charge in [-0.15, -0.1) is 15.0 Å². The van der Waals surface area contributed by atoms with Gasteiger partial charge in [-0.3, -0.25) is 0 Å². The molecule has 0 saturated carbocycles. The highest BCUT2D eigenvalue weighted by molar-refractivity contribution is 7.99. The summed E-state index contributed by atoms with van der Waals surface area (Å²) in [6.45, 7) is 4.66. The van der Waals surface area contributed by atoms with E-state index in [1.807, 2.05) is 24.3 Å². The first-order valence-electron chi connectivity index (χ1n) is 13.3. The average Bonchev–Trinajstić information content (AvgIpc) is 3.45. The fourth-order valence-electron chi connectivity index (χ4n) is 5.04. The molecule has 0 unspecified atom stereocenters. The van der Waals surface area contributed by atoms with Gasteiger partial charge in [0, 0.05) is 54.6 Å². The van der Waals surface area contributed by atoms with E-state index >= 15 is 0 Å². The number of nitrogens with zero attached hydrogens (tertiary/aromatic N) is 7. The van der Waals surface area contributed by atoms with E-state index in [-0.39, 0.29) is 0 Å². The number of rotatable bonds is 8. The number of hydrogen-bond donors (Lipinski definition) is 1. The Balaban J connectivity index is 1.17. The fraction of sp³-hybridized carbons (Fsp3) is 0.345. The molecule has 0 amide bonds. The van der Waals surface area contributed by atoms with E-state index in [9.17, 15) is 5.11 Å². The highest BCUT2D eigenvalue weighted by Crippen LogP contribution is 2.49. The predicted molar refractivity (Wildman–Crippen MR) is 154 cm³/mol. The van der Waals surface area contributed by atoms with Crippen LogP contribution in [0.15, 0.2) is 76.5 Å². The summed E-state index contributed by atoms with van der Waals surface area (Å²) in [7, 11) is 3.81. The average molecular weight is 544 g/mol. The predicted octanol–water partition coefficient (Wildman–Crippen LogP) is 4.02. The van der Waals surface area contributed by atoms with Crippen LogP contribution in [-0.2, 0) is 6.42 Å². The number of hydrogen-bond acceptors (Lipinski definition) is 9. The molecule has 2 aliphatic rings. The lowest BCUT2D eigenvalue weighted by Gasteiger charge is -2.37. The number of aromatic nitrogens is 4. The minimum atomic E-state index is -0.561. The number of anilines is 3. The third kappa shape index (κ3) is 5.59. The first-order chi connectivity index (χ1) is 19.1. The molecule has 0 radical (unpaired) electrons. The van der Waals surface area contributed by atoms with Crippen molar-refractivity contribution in [1.29, 1.82) is 0 Å². The number of likely N-dealkylation sites (N-methyl/N-ethyl adjacent to an activating group) is 1. The number of tetrazole rings is 1. The van der Waals surface area contributed by atoms with Gasteiger partial charge in [0.15, 0.2) is 5.82 Å². The number of benzene rings is 3. The fourth-order valence-corrected chi connectivity index (χ4v) is 6.12. The van der Waals surface area contributed by atoms with Crippen molar-refractivity contribution in [3.63, 3.8) is 0 Å². The van der Waals surface area contributed by atoms with E-state index < -0.39 is 6.10 Å². The monoisotopic (exact) mass is 543 g/mol. The molecule has 1 aromatic heterocycles. The Hall–Kier alpha value is -3.60. The van der Waals surface area contributed by atoms with Gasteiger partial charge in [0.25, 0.3) is 0 Å². The molecule has 2 aliphatic heterocycles. The number of para-hydroxylation sites is 1. The molecule has 10 heteroatoms. The lowest BCUT2D eigenvalue weighted by molar-refractivity contribution is 0.172.